The minimum Gasteiger partial charge on any atom is -0.398 e. The van der Waals surface area contributed by atoms with Crippen LogP contribution in [0.1, 0.15) is 0 Å². The van der Waals surface area contributed by atoms with Crippen molar-refractivity contribution < 1.29 is 8.91 Å². The monoisotopic (exact) mass is 290 g/mol. The summed E-state index contributed by atoms with van der Waals surface area (Å²) in [5.74, 6) is -0.00713. The molecule has 0 aliphatic rings. The minimum absolute atomic E-state index is 0.180. The van der Waals surface area contributed by atoms with Crippen LogP contribution < -0.4 is 5.73 Å². The largest absolute Gasteiger partial charge is 0.398 e. The normalized spacial score (nSPS) is 10.7. The van der Waals surface area contributed by atoms with Gasteiger partial charge >= 0.3 is 0 Å². The van der Waals surface area contributed by atoms with Gasteiger partial charge in [-0.25, -0.2) is 4.39 Å². The van der Waals surface area contributed by atoms with Crippen molar-refractivity contribution in [2.75, 3.05) is 5.73 Å². The SMILES string of the molecule is Nc1cc(F)ccc1-c1nc(-c2ncccc2Cl)no1. The van der Waals surface area contributed by atoms with Crippen LogP contribution in [0, 0.1) is 5.82 Å². The van der Waals surface area contributed by atoms with Gasteiger partial charge < -0.3 is 10.3 Å². The Morgan fingerprint density at radius 3 is 2.85 bits per heavy atom. The standard InChI is InChI=1S/C13H8ClFN4O/c14-9-2-1-5-17-11(9)12-18-13(20-19-12)8-4-3-7(15)6-10(8)16/h1-6H,16H2. The molecule has 3 rings (SSSR count). The molecular weight excluding hydrogens is 283 g/mol. The van der Waals surface area contributed by atoms with Gasteiger partial charge in [-0.3, -0.25) is 4.98 Å². The van der Waals surface area contributed by atoms with Gasteiger partial charge in [0.15, 0.2) is 0 Å². The van der Waals surface area contributed by atoms with E-state index in [2.05, 4.69) is 15.1 Å². The Bertz CT molecular complexity index is 775. The van der Waals surface area contributed by atoms with E-state index >= 15 is 0 Å². The molecule has 7 heteroatoms. The van der Waals surface area contributed by atoms with E-state index in [0.29, 0.717) is 16.3 Å². The summed E-state index contributed by atoms with van der Waals surface area (Å²) in [6.45, 7) is 0. The van der Waals surface area contributed by atoms with Crippen LogP contribution in [0.25, 0.3) is 23.0 Å². The zero-order valence-electron chi connectivity index (χ0n) is 10.0. The molecule has 2 heterocycles. The van der Waals surface area contributed by atoms with Crippen molar-refractivity contribution >= 4 is 17.3 Å². The van der Waals surface area contributed by atoms with Gasteiger partial charge in [0.1, 0.15) is 11.5 Å². The predicted octanol–water partition coefficient (Wildman–Crippen LogP) is 3.17. The maximum atomic E-state index is 13.0. The molecule has 0 spiro atoms. The van der Waals surface area contributed by atoms with Crippen molar-refractivity contribution in [2.45, 2.75) is 0 Å². The highest BCUT2D eigenvalue weighted by atomic mass is 35.5. The Balaban J connectivity index is 2.04. The van der Waals surface area contributed by atoms with Gasteiger partial charge in [-0.2, -0.15) is 4.98 Å². The van der Waals surface area contributed by atoms with E-state index in [1.54, 1.807) is 18.3 Å². The quantitative estimate of drug-likeness (QED) is 0.733. The molecule has 0 aliphatic carbocycles. The molecule has 0 radical (unpaired) electrons. The van der Waals surface area contributed by atoms with E-state index in [0.717, 1.165) is 0 Å². The number of aromatic nitrogens is 3. The first-order valence-electron chi connectivity index (χ1n) is 5.65. The number of rotatable bonds is 2. The van der Waals surface area contributed by atoms with Gasteiger partial charge in [0, 0.05) is 11.9 Å². The molecule has 2 N–H and O–H groups in total. The number of benzene rings is 1. The lowest BCUT2D eigenvalue weighted by atomic mass is 10.2. The summed E-state index contributed by atoms with van der Waals surface area (Å²) in [4.78, 5) is 8.26. The highest BCUT2D eigenvalue weighted by Crippen LogP contribution is 2.28. The first kappa shape index (κ1) is 12.6. The average Bonchev–Trinajstić information content (AvgIpc) is 2.88. The van der Waals surface area contributed by atoms with E-state index < -0.39 is 5.82 Å². The van der Waals surface area contributed by atoms with Crippen LogP contribution in [0.15, 0.2) is 41.1 Å². The molecule has 0 unspecified atom stereocenters. The van der Waals surface area contributed by atoms with Crippen LogP contribution in [0.5, 0.6) is 0 Å². The molecule has 20 heavy (non-hydrogen) atoms. The van der Waals surface area contributed by atoms with Crippen LogP contribution in [-0.2, 0) is 0 Å². The van der Waals surface area contributed by atoms with Gasteiger partial charge in [-0.05, 0) is 30.3 Å². The number of halogens is 2. The third kappa shape index (κ3) is 2.21. The summed E-state index contributed by atoms with van der Waals surface area (Å²) in [7, 11) is 0. The van der Waals surface area contributed by atoms with Gasteiger partial charge in [-0.15, -0.1) is 0 Å². The molecule has 0 aliphatic heterocycles. The lowest BCUT2D eigenvalue weighted by Crippen LogP contribution is -1.91. The summed E-state index contributed by atoms with van der Waals surface area (Å²) in [5, 5.41) is 4.21. The number of nitrogens with two attached hydrogens (primary N) is 1. The molecular formula is C13H8ClFN4O. The van der Waals surface area contributed by atoms with Crippen LogP contribution in [-0.4, -0.2) is 15.1 Å². The van der Waals surface area contributed by atoms with E-state index in [1.165, 1.54) is 18.2 Å². The zero-order valence-corrected chi connectivity index (χ0v) is 10.8. The smallest absolute Gasteiger partial charge is 0.260 e. The molecule has 0 amide bonds. The van der Waals surface area contributed by atoms with Crippen molar-refractivity contribution in [3.8, 4) is 23.0 Å². The first-order chi connectivity index (χ1) is 9.65. The van der Waals surface area contributed by atoms with Crippen molar-refractivity contribution in [1.29, 1.82) is 0 Å². The van der Waals surface area contributed by atoms with E-state index in [4.69, 9.17) is 21.9 Å². The second-order valence-electron chi connectivity index (χ2n) is 3.99. The molecule has 2 aromatic heterocycles. The molecule has 100 valence electrons. The fourth-order valence-corrected chi connectivity index (χ4v) is 1.91. The molecule has 0 bridgehead atoms. The van der Waals surface area contributed by atoms with Gasteiger partial charge in [0.05, 0.1) is 10.6 Å². The minimum atomic E-state index is -0.432. The van der Waals surface area contributed by atoms with Crippen LogP contribution in [0.4, 0.5) is 10.1 Å². The second-order valence-corrected chi connectivity index (χ2v) is 4.40. The average molecular weight is 291 g/mol. The molecule has 0 atom stereocenters. The first-order valence-corrected chi connectivity index (χ1v) is 6.03. The molecule has 1 aromatic carbocycles. The van der Waals surface area contributed by atoms with E-state index in [-0.39, 0.29) is 17.4 Å². The number of nitrogens with zero attached hydrogens (tertiary/aromatic N) is 3. The summed E-state index contributed by atoms with van der Waals surface area (Å²) >= 11 is 6.01. The van der Waals surface area contributed by atoms with Gasteiger partial charge in [0.25, 0.3) is 5.89 Å². The molecule has 5 nitrogen and oxygen atoms in total. The Labute approximate surface area is 118 Å². The summed E-state index contributed by atoms with van der Waals surface area (Å²) in [6.07, 6.45) is 1.57. The predicted molar refractivity (Wildman–Crippen MR) is 72.3 cm³/mol. The topological polar surface area (TPSA) is 77.8 Å². The van der Waals surface area contributed by atoms with Gasteiger partial charge in [-0.1, -0.05) is 16.8 Å². The van der Waals surface area contributed by atoms with Gasteiger partial charge in [0.2, 0.25) is 5.82 Å². The second kappa shape index (κ2) is 4.90. The molecule has 0 saturated carbocycles. The molecule has 3 aromatic rings. The molecule has 0 fully saturated rings. The zero-order chi connectivity index (χ0) is 14.1. The summed E-state index contributed by atoms with van der Waals surface area (Å²) in [5.41, 5.74) is 6.80. The highest BCUT2D eigenvalue weighted by Gasteiger charge is 2.16. The van der Waals surface area contributed by atoms with Crippen LogP contribution >= 0.6 is 11.6 Å². The number of anilines is 1. The fraction of sp³-hybridized carbons (Fsp3) is 0. The number of nitrogen functional groups attached to an aromatic ring is 1. The number of hydrogen-bond donors (Lipinski definition) is 1. The van der Waals surface area contributed by atoms with Crippen molar-refractivity contribution in [3.05, 3.63) is 47.4 Å². The Hall–Kier alpha value is -2.47. The van der Waals surface area contributed by atoms with Crippen molar-refractivity contribution in [3.63, 3.8) is 0 Å². The van der Waals surface area contributed by atoms with Crippen LogP contribution in [0.2, 0.25) is 5.02 Å². The number of pyridine rings is 1. The van der Waals surface area contributed by atoms with Crippen LogP contribution in [0.3, 0.4) is 0 Å². The number of hydrogen-bond acceptors (Lipinski definition) is 5. The van der Waals surface area contributed by atoms with Crippen molar-refractivity contribution in [1.82, 2.24) is 15.1 Å². The summed E-state index contributed by atoms with van der Waals surface area (Å²) in [6, 6.07) is 7.30. The lowest BCUT2D eigenvalue weighted by molar-refractivity contribution is 0.432. The van der Waals surface area contributed by atoms with Crippen molar-refractivity contribution in [2.24, 2.45) is 0 Å². The lowest BCUT2D eigenvalue weighted by Gasteiger charge is -1.99. The Kier molecular flexibility index (Phi) is 3.08. The Morgan fingerprint density at radius 1 is 1.25 bits per heavy atom. The van der Waals surface area contributed by atoms with E-state index in [9.17, 15) is 4.39 Å². The summed E-state index contributed by atoms with van der Waals surface area (Å²) < 4.78 is 18.1. The fourth-order valence-electron chi connectivity index (χ4n) is 1.71. The third-order valence-electron chi connectivity index (χ3n) is 2.64. The Morgan fingerprint density at radius 2 is 2.10 bits per heavy atom. The van der Waals surface area contributed by atoms with E-state index in [1.807, 2.05) is 0 Å². The highest BCUT2D eigenvalue weighted by molar-refractivity contribution is 6.32. The third-order valence-corrected chi connectivity index (χ3v) is 2.95. The maximum absolute atomic E-state index is 13.0. The maximum Gasteiger partial charge on any atom is 0.260 e. The molecule has 0 saturated heterocycles.